The number of hydrogen-bond donors (Lipinski definition) is 0. The van der Waals surface area contributed by atoms with Crippen LogP contribution in [0.2, 0.25) is 0 Å². The van der Waals surface area contributed by atoms with Crippen molar-refractivity contribution in [3.63, 3.8) is 0 Å². The summed E-state index contributed by atoms with van der Waals surface area (Å²) in [6.07, 6.45) is 9.82. The minimum Gasteiger partial charge on any atom is -0.465 e. The number of imide groups is 1. The van der Waals surface area contributed by atoms with Gasteiger partial charge in [-0.1, -0.05) is 18.9 Å². The number of benzene rings is 1. The van der Waals surface area contributed by atoms with Gasteiger partial charge in [0.2, 0.25) is 11.8 Å². The van der Waals surface area contributed by atoms with Gasteiger partial charge in [0.1, 0.15) is 5.70 Å². The first-order valence-electron chi connectivity index (χ1n) is 10.5. The molecule has 0 bridgehead atoms. The van der Waals surface area contributed by atoms with Crippen LogP contribution in [0.3, 0.4) is 0 Å². The number of fused-ring (bicyclic) bond motifs is 1. The molecule has 4 rings (SSSR count). The van der Waals surface area contributed by atoms with Gasteiger partial charge in [-0.2, -0.15) is 0 Å². The van der Waals surface area contributed by atoms with Gasteiger partial charge >= 0.3 is 11.9 Å². The van der Waals surface area contributed by atoms with Crippen molar-refractivity contribution in [2.45, 2.75) is 25.7 Å². The van der Waals surface area contributed by atoms with Crippen LogP contribution in [0.5, 0.6) is 0 Å². The predicted octanol–water partition coefficient (Wildman–Crippen LogP) is 2.86. The predicted molar refractivity (Wildman–Crippen MR) is 116 cm³/mol. The van der Waals surface area contributed by atoms with Crippen LogP contribution >= 0.6 is 0 Å². The molecule has 2 amide bonds. The molecule has 1 aliphatic carbocycles. The standard InChI is InChI=1S/C24H24N2O6/c1-31-23(29)19-9-5-6-14-25(20(19)24(30)32-2)15-10-12-16(13-11-15)26-21(27)17-7-3-4-8-18(17)22(26)28/h5-6,9-14,17-18H,3-4,7-8H2,1-2H3. The molecule has 0 radical (unpaired) electrons. The van der Waals surface area contributed by atoms with Gasteiger partial charge in [-0.25, -0.2) is 9.59 Å². The Morgan fingerprint density at radius 1 is 0.844 bits per heavy atom. The van der Waals surface area contributed by atoms with Crippen LogP contribution in [-0.2, 0) is 28.7 Å². The molecule has 0 spiro atoms. The first-order valence-corrected chi connectivity index (χ1v) is 10.5. The fourth-order valence-electron chi connectivity index (χ4n) is 4.54. The number of allylic oxidation sites excluding steroid dienone is 2. The molecule has 1 aromatic carbocycles. The molecule has 32 heavy (non-hydrogen) atoms. The van der Waals surface area contributed by atoms with E-state index in [1.54, 1.807) is 42.6 Å². The molecule has 2 atom stereocenters. The fraction of sp³-hybridized carbons (Fsp3) is 0.333. The Labute approximate surface area is 185 Å². The molecule has 1 aromatic rings. The summed E-state index contributed by atoms with van der Waals surface area (Å²) in [4.78, 5) is 53.3. The summed E-state index contributed by atoms with van der Waals surface area (Å²) in [5.74, 6) is -2.13. The van der Waals surface area contributed by atoms with Gasteiger partial charge in [-0.05, 0) is 49.3 Å². The number of hydrogen-bond acceptors (Lipinski definition) is 7. The van der Waals surface area contributed by atoms with Crippen LogP contribution in [0.4, 0.5) is 11.4 Å². The Balaban J connectivity index is 1.68. The Bertz CT molecular complexity index is 1030. The SMILES string of the molecule is COC(=O)C1=C(C(=O)OC)N(c2ccc(N3C(=O)C4CCCCC4C3=O)cc2)C=CC=C1. The summed E-state index contributed by atoms with van der Waals surface area (Å²) in [6.45, 7) is 0. The topological polar surface area (TPSA) is 93.2 Å². The maximum atomic E-state index is 12.9. The lowest BCUT2D eigenvalue weighted by molar-refractivity contribution is -0.139. The fourth-order valence-corrected chi connectivity index (χ4v) is 4.54. The molecule has 0 N–H and O–H groups in total. The molecule has 1 saturated heterocycles. The second-order valence-electron chi connectivity index (χ2n) is 7.84. The van der Waals surface area contributed by atoms with Crippen molar-refractivity contribution in [2.24, 2.45) is 11.8 Å². The van der Waals surface area contributed by atoms with Gasteiger partial charge in [0.15, 0.2) is 0 Å². The number of amides is 2. The normalized spacial score (nSPS) is 22.7. The highest BCUT2D eigenvalue weighted by molar-refractivity contribution is 6.22. The van der Waals surface area contributed by atoms with E-state index in [2.05, 4.69) is 0 Å². The Kier molecular flexibility index (Phi) is 5.94. The van der Waals surface area contributed by atoms with Crippen LogP contribution in [0.15, 0.2) is 60.0 Å². The third kappa shape index (κ3) is 3.62. The van der Waals surface area contributed by atoms with Gasteiger partial charge < -0.3 is 14.4 Å². The number of anilines is 2. The van der Waals surface area contributed by atoms with Gasteiger partial charge in [-0.3, -0.25) is 14.5 Å². The minimum absolute atomic E-state index is 0.00329. The van der Waals surface area contributed by atoms with E-state index in [0.29, 0.717) is 11.4 Å². The molecule has 8 heteroatoms. The average molecular weight is 436 g/mol. The summed E-state index contributed by atoms with van der Waals surface area (Å²) in [5, 5.41) is 0. The number of esters is 2. The van der Waals surface area contributed by atoms with Crippen molar-refractivity contribution < 1.29 is 28.7 Å². The smallest absolute Gasteiger partial charge is 0.355 e. The second kappa shape index (κ2) is 8.82. The summed E-state index contributed by atoms with van der Waals surface area (Å²) < 4.78 is 9.72. The highest BCUT2D eigenvalue weighted by Gasteiger charge is 2.48. The first-order chi connectivity index (χ1) is 15.5. The van der Waals surface area contributed by atoms with E-state index < -0.39 is 11.9 Å². The van der Waals surface area contributed by atoms with Crippen molar-refractivity contribution in [2.75, 3.05) is 24.0 Å². The molecular formula is C24H24N2O6. The molecule has 8 nitrogen and oxygen atoms in total. The number of methoxy groups -OCH3 is 2. The lowest BCUT2D eigenvalue weighted by Crippen LogP contribution is -2.31. The van der Waals surface area contributed by atoms with Crippen LogP contribution in [0, 0.1) is 11.8 Å². The van der Waals surface area contributed by atoms with Crippen LogP contribution in [-0.4, -0.2) is 38.0 Å². The quantitative estimate of drug-likeness (QED) is 0.529. The van der Waals surface area contributed by atoms with E-state index in [9.17, 15) is 19.2 Å². The lowest BCUT2D eigenvalue weighted by atomic mass is 9.81. The molecule has 2 fully saturated rings. The Morgan fingerprint density at radius 3 is 1.97 bits per heavy atom. The Morgan fingerprint density at radius 2 is 1.41 bits per heavy atom. The van der Waals surface area contributed by atoms with Crippen molar-refractivity contribution in [1.29, 1.82) is 0 Å². The molecule has 2 unspecified atom stereocenters. The van der Waals surface area contributed by atoms with Crippen molar-refractivity contribution in [3.8, 4) is 0 Å². The van der Waals surface area contributed by atoms with Gasteiger partial charge in [0.25, 0.3) is 0 Å². The summed E-state index contributed by atoms with van der Waals surface area (Å²) in [7, 11) is 2.46. The molecule has 166 valence electrons. The van der Waals surface area contributed by atoms with Crippen LogP contribution in [0.25, 0.3) is 0 Å². The van der Waals surface area contributed by atoms with Crippen molar-refractivity contribution >= 4 is 35.1 Å². The van der Waals surface area contributed by atoms with E-state index >= 15 is 0 Å². The molecule has 2 aliphatic heterocycles. The van der Waals surface area contributed by atoms with Crippen LogP contribution < -0.4 is 9.80 Å². The summed E-state index contributed by atoms with van der Waals surface area (Å²) in [6, 6.07) is 6.71. The zero-order chi connectivity index (χ0) is 22.8. The largest absolute Gasteiger partial charge is 0.465 e. The number of ether oxygens (including phenoxy) is 2. The number of carbonyl (C=O) groups is 4. The Hall–Kier alpha value is -3.68. The van der Waals surface area contributed by atoms with Gasteiger partial charge in [0, 0.05) is 11.9 Å². The zero-order valence-corrected chi connectivity index (χ0v) is 17.9. The highest BCUT2D eigenvalue weighted by Crippen LogP contribution is 2.40. The molecule has 3 aliphatic rings. The maximum absolute atomic E-state index is 12.9. The lowest BCUT2D eigenvalue weighted by Gasteiger charge is -2.24. The van der Waals surface area contributed by atoms with E-state index in [1.807, 2.05) is 0 Å². The summed E-state index contributed by atoms with van der Waals surface area (Å²) in [5.41, 5.74) is 1.08. The number of nitrogens with zero attached hydrogens (tertiary/aromatic N) is 2. The second-order valence-corrected chi connectivity index (χ2v) is 7.84. The van der Waals surface area contributed by atoms with Crippen molar-refractivity contribution in [1.82, 2.24) is 0 Å². The highest BCUT2D eigenvalue weighted by atomic mass is 16.5. The monoisotopic (exact) mass is 436 g/mol. The maximum Gasteiger partial charge on any atom is 0.355 e. The first kappa shape index (κ1) is 21.5. The third-order valence-corrected chi connectivity index (χ3v) is 6.12. The molecular weight excluding hydrogens is 412 g/mol. The van der Waals surface area contributed by atoms with E-state index in [0.717, 1.165) is 25.7 Å². The van der Waals surface area contributed by atoms with Gasteiger partial charge in [0.05, 0.1) is 37.3 Å². The third-order valence-electron chi connectivity index (χ3n) is 6.12. The summed E-state index contributed by atoms with van der Waals surface area (Å²) >= 11 is 0. The number of rotatable bonds is 4. The number of carbonyl (C=O) groups excluding carboxylic acids is 4. The van der Waals surface area contributed by atoms with E-state index in [4.69, 9.17) is 9.47 Å². The minimum atomic E-state index is -0.709. The van der Waals surface area contributed by atoms with Gasteiger partial charge in [-0.15, -0.1) is 0 Å². The van der Waals surface area contributed by atoms with Crippen LogP contribution in [0.1, 0.15) is 25.7 Å². The average Bonchev–Trinajstić information content (AvgIpc) is 2.97. The molecule has 1 saturated carbocycles. The van der Waals surface area contributed by atoms with E-state index in [1.165, 1.54) is 30.1 Å². The molecule has 2 heterocycles. The van der Waals surface area contributed by atoms with E-state index in [-0.39, 0.29) is 34.9 Å². The zero-order valence-electron chi connectivity index (χ0n) is 17.9. The van der Waals surface area contributed by atoms with Crippen molar-refractivity contribution in [3.05, 3.63) is 60.0 Å². The molecule has 0 aromatic heterocycles.